The third-order valence-electron chi connectivity index (χ3n) is 6.31. The molecular formula is C26H26F2N4O5. The van der Waals surface area contributed by atoms with Crippen molar-refractivity contribution < 1.29 is 32.7 Å². The van der Waals surface area contributed by atoms with E-state index in [4.69, 9.17) is 4.74 Å². The van der Waals surface area contributed by atoms with Gasteiger partial charge < -0.3 is 25.7 Å². The molecule has 3 aromatic rings. The average Bonchev–Trinajstić information content (AvgIpc) is 3.50. The quantitative estimate of drug-likeness (QED) is 0.326. The molecule has 0 bridgehead atoms. The number of methoxy groups -OCH3 is 1. The number of para-hydroxylation sites is 1. The maximum atomic E-state index is 13.8. The molecule has 0 unspecified atom stereocenters. The van der Waals surface area contributed by atoms with Crippen molar-refractivity contribution in [2.75, 3.05) is 13.7 Å². The smallest absolute Gasteiger partial charge is 0.328 e. The highest BCUT2D eigenvalue weighted by Crippen LogP contribution is 2.18. The van der Waals surface area contributed by atoms with Gasteiger partial charge in [0.1, 0.15) is 17.8 Å². The van der Waals surface area contributed by atoms with Gasteiger partial charge in [0.05, 0.1) is 7.11 Å². The van der Waals surface area contributed by atoms with Gasteiger partial charge in [0.25, 0.3) is 5.91 Å². The Kier molecular flexibility index (Phi) is 7.80. The van der Waals surface area contributed by atoms with E-state index >= 15 is 0 Å². The number of H-pyrrole nitrogens is 1. The number of aromatic amines is 1. The molecule has 2 heterocycles. The maximum Gasteiger partial charge on any atom is 0.328 e. The zero-order chi connectivity index (χ0) is 26.5. The molecule has 3 atom stereocenters. The molecule has 3 amide bonds. The molecule has 0 spiro atoms. The third kappa shape index (κ3) is 6.11. The first-order valence-corrected chi connectivity index (χ1v) is 11.7. The summed E-state index contributed by atoms with van der Waals surface area (Å²) < 4.78 is 32.1. The van der Waals surface area contributed by atoms with E-state index in [-0.39, 0.29) is 30.0 Å². The lowest BCUT2D eigenvalue weighted by molar-refractivity contribution is -0.146. The SMILES string of the molecule is COC(=O)[C@H](C[C@@H]1CCNC1=O)NC(=O)[C@H](Cc1ccc(F)c(F)c1)NC(=O)c1cc2ccccc2[nH]1. The summed E-state index contributed by atoms with van der Waals surface area (Å²) in [4.78, 5) is 53.7. The van der Waals surface area contributed by atoms with Crippen LogP contribution in [0, 0.1) is 17.6 Å². The van der Waals surface area contributed by atoms with E-state index in [1.54, 1.807) is 18.2 Å². The summed E-state index contributed by atoms with van der Waals surface area (Å²) in [5, 5.41) is 8.63. The number of esters is 1. The van der Waals surface area contributed by atoms with Crippen LogP contribution in [0.2, 0.25) is 0 Å². The molecule has 37 heavy (non-hydrogen) atoms. The van der Waals surface area contributed by atoms with Crippen LogP contribution in [0.25, 0.3) is 10.9 Å². The Morgan fingerprint density at radius 3 is 2.51 bits per heavy atom. The molecule has 1 aliphatic rings. The van der Waals surface area contributed by atoms with Gasteiger partial charge in [0.15, 0.2) is 11.6 Å². The number of amides is 3. The summed E-state index contributed by atoms with van der Waals surface area (Å²) in [5.74, 6) is -4.97. The van der Waals surface area contributed by atoms with Crippen molar-refractivity contribution in [2.24, 2.45) is 5.92 Å². The number of fused-ring (bicyclic) bond motifs is 1. The molecule has 1 saturated heterocycles. The molecule has 11 heteroatoms. The van der Waals surface area contributed by atoms with Gasteiger partial charge in [0, 0.05) is 29.8 Å². The number of carbonyl (C=O) groups excluding carboxylic acids is 4. The minimum Gasteiger partial charge on any atom is -0.467 e. The van der Waals surface area contributed by atoms with E-state index < -0.39 is 47.4 Å². The number of halogens is 2. The van der Waals surface area contributed by atoms with E-state index in [2.05, 4.69) is 20.9 Å². The Hall–Kier alpha value is -4.28. The third-order valence-corrected chi connectivity index (χ3v) is 6.31. The first-order valence-electron chi connectivity index (χ1n) is 11.7. The average molecular weight is 513 g/mol. The number of aromatic nitrogens is 1. The fraction of sp³-hybridized carbons (Fsp3) is 0.308. The van der Waals surface area contributed by atoms with Gasteiger partial charge in [-0.3, -0.25) is 14.4 Å². The molecule has 0 aliphatic carbocycles. The topological polar surface area (TPSA) is 129 Å². The molecule has 0 radical (unpaired) electrons. The molecule has 2 aromatic carbocycles. The fourth-order valence-corrected chi connectivity index (χ4v) is 4.33. The molecule has 4 N–H and O–H groups in total. The van der Waals surface area contributed by atoms with Gasteiger partial charge in [-0.2, -0.15) is 0 Å². The summed E-state index contributed by atoms with van der Waals surface area (Å²) in [6, 6.07) is 9.59. The van der Waals surface area contributed by atoms with Gasteiger partial charge in [-0.25, -0.2) is 13.6 Å². The predicted octanol–water partition coefficient (Wildman–Crippen LogP) is 1.97. The number of hydrogen-bond donors (Lipinski definition) is 4. The molecule has 194 valence electrons. The highest BCUT2D eigenvalue weighted by atomic mass is 19.2. The van der Waals surface area contributed by atoms with Gasteiger partial charge >= 0.3 is 5.97 Å². The second kappa shape index (κ2) is 11.2. The van der Waals surface area contributed by atoms with Crippen molar-refractivity contribution in [3.8, 4) is 0 Å². The second-order valence-corrected chi connectivity index (χ2v) is 8.85. The van der Waals surface area contributed by atoms with E-state index in [1.807, 2.05) is 12.1 Å². The Labute approximate surface area is 210 Å². The Bertz CT molecular complexity index is 1310. The lowest BCUT2D eigenvalue weighted by atomic mass is 9.97. The van der Waals surface area contributed by atoms with Crippen LogP contribution in [0.15, 0.2) is 48.5 Å². The van der Waals surface area contributed by atoms with Gasteiger partial charge in [0.2, 0.25) is 11.8 Å². The van der Waals surface area contributed by atoms with Gasteiger partial charge in [-0.1, -0.05) is 24.3 Å². The normalized spacial score (nSPS) is 16.6. The Morgan fingerprint density at radius 2 is 1.84 bits per heavy atom. The van der Waals surface area contributed by atoms with Crippen LogP contribution in [-0.2, 0) is 25.5 Å². The van der Waals surface area contributed by atoms with Gasteiger partial charge in [-0.05, 0) is 42.7 Å². The summed E-state index contributed by atoms with van der Waals surface area (Å²) in [6.45, 7) is 0.463. The van der Waals surface area contributed by atoms with Crippen molar-refractivity contribution in [1.82, 2.24) is 20.9 Å². The number of hydrogen-bond acceptors (Lipinski definition) is 5. The van der Waals surface area contributed by atoms with Gasteiger partial charge in [-0.15, -0.1) is 0 Å². The van der Waals surface area contributed by atoms with Crippen LogP contribution in [0.1, 0.15) is 28.9 Å². The van der Waals surface area contributed by atoms with Crippen LogP contribution in [-0.4, -0.2) is 54.4 Å². The fourth-order valence-electron chi connectivity index (χ4n) is 4.33. The highest BCUT2D eigenvalue weighted by molar-refractivity contribution is 6.00. The number of carbonyl (C=O) groups is 4. The van der Waals surface area contributed by atoms with Crippen molar-refractivity contribution in [3.05, 3.63) is 71.4 Å². The molecule has 0 saturated carbocycles. The highest BCUT2D eigenvalue weighted by Gasteiger charge is 2.34. The first-order chi connectivity index (χ1) is 17.7. The van der Waals surface area contributed by atoms with Crippen molar-refractivity contribution >= 4 is 34.6 Å². The van der Waals surface area contributed by atoms with Crippen molar-refractivity contribution in [3.63, 3.8) is 0 Å². The maximum absolute atomic E-state index is 13.8. The largest absolute Gasteiger partial charge is 0.467 e. The monoisotopic (exact) mass is 512 g/mol. The van der Waals surface area contributed by atoms with Crippen LogP contribution in [0.4, 0.5) is 8.78 Å². The summed E-state index contributed by atoms with van der Waals surface area (Å²) in [6.07, 6.45) is 0.322. The zero-order valence-corrected chi connectivity index (χ0v) is 20.0. The minimum absolute atomic E-state index is 0.0120. The van der Waals surface area contributed by atoms with E-state index in [0.717, 1.165) is 30.1 Å². The summed E-state index contributed by atoms with van der Waals surface area (Å²) in [5.41, 5.74) is 1.16. The Morgan fingerprint density at radius 1 is 1.05 bits per heavy atom. The van der Waals surface area contributed by atoms with E-state index in [9.17, 15) is 28.0 Å². The molecule has 1 aromatic heterocycles. The van der Waals surface area contributed by atoms with E-state index in [0.29, 0.717) is 13.0 Å². The zero-order valence-electron chi connectivity index (χ0n) is 20.0. The number of benzene rings is 2. The lowest BCUT2D eigenvalue weighted by Crippen LogP contribution is -2.53. The number of ether oxygens (including phenoxy) is 1. The molecule has 1 aliphatic heterocycles. The van der Waals surface area contributed by atoms with Crippen LogP contribution in [0.5, 0.6) is 0 Å². The molecule has 1 fully saturated rings. The summed E-state index contributed by atoms with van der Waals surface area (Å²) >= 11 is 0. The lowest BCUT2D eigenvalue weighted by Gasteiger charge is -2.23. The van der Waals surface area contributed by atoms with Crippen molar-refractivity contribution in [2.45, 2.75) is 31.3 Å². The van der Waals surface area contributed by atoms with Crippen LogP contribution >= 0.6 is 0 Å². The number of nitrogens with one attached hydrogen (secondary N) is 4. The number of rotatable bonds is 9. The predicted molar refractivity (Wildman–Crippen MR) is 129 cm³/mol. The Balaban J connectivity index is 1.56. The van der Waals surface area contributed by atoms with Crippen LogP contribution in [0.3, 0.4) is 0 Å². The second-order valence-electron chi connectivity index (χ2n) is 8.85. The van der Waals surface area contributed by atoms with Crippen molar-refractivity contribution in [1.29, 1.82) is 0 Å². The van der Waals surface area contributed by atoms with Crippen LogP contribution < -0.4 is 16.0 Å². The van der Waals surface area contributed by atoms with E-state index in [1.165, 1.54) is 6.07 Å². The minimum atomic E-state index is -1.26. The standard InChI is InChI=1S/C26H26F2N4O5/c1-37-26(36)22(13-16-8-9-29-23(16)33)32-24(34)20(11-14-6-7-17(27)18(28)10-14)31-25(35)21-12-15-4-2-3-5-19(15)30-21/h2-7,10,12,16,20,22,30H,8-9,11,13H2,1H3,(H,29,33)(H,31,35)(H,32,34)/t16-,20-,22-/m0/s1. The first kappa shape index (κ1) is 25.8. The molecule has 9 nitrogen and oxygen atoms in total. The summed E-state index contributed by atoms with van der Waals surface area (Å²) in [7, 11) is 1.16. The molecule has 4 rings (SSSR count). The molecular weight excluding hydrogens is 486 g/mol.